The largest absolute Gasteiger partial charge is 0.412 e. The zero-order valence-electron chi connectivity index (χ0n) is 17.4. The summed E-state index contributed by atoms with van der Waals surface area (Å²) >= 11 is 7.82. The van der Waals surface area contributed by atoms with E-state index >= 15 is 0 Å². The lowest BCUT2D eigenvalue weighted by Crippen LogP contribution is -2.27. The second kappa shape index (κ2) is 10.2. The van der Waals surface area contributed by atoms with Crippen LogP contribution in [0.25, 0.3) is 20.7 Å². The predicted octanol–water partition coefficient (Wildman–Crippen LogP) is 4.44. The van der Waals surface area contributed by atoms with Crippen LogP contribution in [0.5, 0.6) is 0 Å². The van der Waals surface area contributed by atoms with Crippen molar-refractivity contribution < 1.29 is 14.3 Å². The zero-order valence-corrected chi connectivity index (χ0v) is 19.0. The Labute approximate surface area is 194 Å². The highest BCUT2D eigenvalue weighted by Gasteiger charge is 2.16. The van der Waals surface area contributed by atoms with Gasteiger partial charge in [-0.05, 0) is 68.3 Å². The van der Waals surface area contributed by atoms with Crippen molar-refractivity contribution in [1.29, 1.82) is 0 Å². The standard InChI is InChI=1S/C22H24ClN5O3S/c23-16-12-27-22(26-7-1-2-13-5-8-25-9-6-13)28-19(16)18-10-14-3-4-15(11-17(14)32-18)20(29)31-21(24)30/h3-4,10-13,25H,1-2,5-9H2,(H2,24,30)(H,26,27,28). The second-order valence-electron chi connectivity index (χ2n) is 7.72. The zero-order chi connectivity index (χ0) is 22.5. The van der Waals surface area contributed by atoms with E-state index in [0.29, 0.717) is 16.7 Å². The highest BCUT2D eigenvalue weighted by atomic mass is 35.5. The van der Waals surface area contributed by atoms with Crippen molar-refractivity contribution in [1.82, 2.24) is 15.3 Å². The Hall–Kier alpha value is -2.75. The highest BCUT2D eigenvalue weighted by Crippen LogP contribution is 2.36. The third-order valence-corrected chi connectivity index (χ3v) is 6.84. The van der Waals surface area contributed by atoms with Crippen LogP contribution in [0.15, 0.2) is 30.5 Å². The van der Waals surface area contributed by atoms with E-state index in [-0.39, 0.29) is 5.56 Å². The number of carbonyl (C=O) groups excluding carboxylic acids is 2. The summed E-state index contributed by atoms with van der Waals surface area (Å²) in [7, 11) is 0. The Morgan fingerprint density at radius 1 is 1.28 bits per heavy atom. The van der Waals surface area contributed by atoms with Gasteiger partial charge in [-0.15, -0.1) is 11.3 Å². The number of hydrogen-bond donors (Lipinski definition) is 3. The van der Waals surface area contributed by atoms with Gasteiger partial charge in [-0.1, -0.05) is 17.7 Å². The van der Waals surface area contributed by atoms with Gasteiger partial charge in [-0.3, -0.25) is 0 Å². The molecule has 1 aliphatic heterocycles. The van der Waals surface area contributed by atoms with Gasteiger partial charge in [0, 0.05) is 11.2 Å². The van der Waals surface area contributed by atoms with Crippen molar-refractivity contribution >= 4 is 51.0 Å². The van der Waals surface area contributed by atoms with Crippen LogP contribution < -0.4 is 16.4 Å². The number of thiophene rings is 1. The number of nitrogens with one attached hydrogen (secondary N) is 2. The normalized spacial score (nSPS) is 14.4. The molecule has 0 aliphatic carbocycles. The molecule has 0 radical (unpaired) electrons. The van der Waals surface area contributed by atoms with E-state index in [4.69, 9.17) is 17.3 Å². The van der Waals surface area contributed by atoms with E-state index in [9.17, 15) is 9.59 Å². The molecular formula is C22H24ClN5O3S. The van der Waals surface area contributed by atoms with Crippen LogP contribution >= 0.6 is 22.9 Å². The number of aromatic nitrogens is 2. The van der Waals surface area contributed by atoms with Crippen molar-refractivity contribution in [3.63, 3.8) is 0 Å². The molecule has 0 bridgehead atoms. The van der Waals surface area contributed by atoms with Gasteiger partial charge in [0.2, 0.25) is 5.95 Å². The molecule has 1 saturated heterocycles. The van der Waals surface area contributed by atoms with Crippen LogP contribution in [0.1, 0.15) is 36.0 Å². The minimum atomic E-state index is -1.13. The van der Waals surface area contributed by atoms with Crippen LogP contribution in [0.2, 0.25) is 5.02 Å². The lowest BCUT2D eigenvalue weighted by Gasteiger charge is -2.22. The van der Waals surface area contributed by atoms with E-state index in [2.05, 4.69) is 25.3 Å². The number of carbonyl (C=O) groups is 2. The van der Waals surface area contributed by atoms with Crippen molar-refractivity contribution in [3.05, 3.63) is 41.0 Å². The summed E-state index contributed by atoms with van der Waals surface area (Å²) in [5.41, 5.74) is 5.79. The number of nitrogens with zero attached hydrogens (tertiary/aromatic N) is 2. The van der Waals surface area contributed by atoms with Crippen LogP contribution in [0, 0.1) is 5.92 Å². The van der Waals surface area contributed by atoms with Gasteiger partial charge in [0.15, 0.2) is 0 Å². The first-order chi connectivity index (χ1) is 15.5. The molecule has 10 heteroatoms. The SMILES string of the molecule is NC(=O)OC(=O)c1ccc2cc(-c3nc(NCCCC4CCNCC4)ncc3Cl)sc2c1. The minimum absolute atomic E-state index is 0.245. The molecule has 32 heavy (non-hydrogen) atoms. The molecule has 3 aromatic rings. The number of amides is 1. The summed E-state index contributed by atoms with van der Waals surface area (Å²) < 4.78 is 5.29. The Morgan fingerprint density at radius 2 is 2.09 bits per heavy atom. The average Bonchev–Trinajstić information content (AvgIpc) is 3.21. The highest BCUT2D eigenvalue weighted by molar-refractivity contribution is 7.22. The molecule has 4 rings (SSSR count). The first kappa shape index (κ1) is 22.4. The molecule has 0 atom stereocenters. The van der Waals surface area contributed by atoms with Crippen molar-refractivity contribution in [2.75, 3.05) is 25.0 Å². The molecule has 0 spiro atoms. The molecule has 1 amide bonds. The first-order valence-corrected chi connectivity index (χ1v) is 11.7. The number of anilines is 1. The molecule has 168 valence electrons. The smallest absolute Gasteiger partial charge is 0.373 e. The fraction of sp³-hybridized carbons (Fsp3) is 0.364. The van der Waals surface area contributed by atoms with Crippen molar-refractivity contribution in [2.24, 2.45) is 11.7 Å². The number of halogens is 1. The summed E-state index contributed by atoms with van der Waals surface area (Å²) in [6.07, 6.45) is 5.22. The fourth-order valence-corrected chi connectivity index (χ4v) is 5.17. The van der Waals surface area contributed by atoms with Crippen molar-refractivity contribution in [3.8, 4) is 10.6 Å². The number of primary amides is 1. The van der Waals surface area contributed by atoms with E-state index in [0.717, 1.165) is 46.9 Å². The summed E-state index contributed by atoms with van der Waals surface area (Å²) in [6.45, 7) is 3.04. The number of piperidine rings is 1. The molecule has 0 saturated carbocycles. The molecule has 8 nitrogen and oxygen atoms in total. The Kier molecular flexibility index (Phi) is 7.19. The Bertz CT molecular complexity index is 1130. The van der Waals surface area contributed by atoms with E-state index < -0.39 is 12.1 Å². The lowest BCUT2D eigenvalue weighted by atomic mass is 9.93. The molecule has 0 unspecified atom stereocenters. The Balaban J connectivity index is 1.45. The minimum Gasteiger partial charge on any atom is -0.373 e. The number of esters is 1. The maximum atomic E-state index is 11.9. The number of ether oxygens (including phenoxy) is 1. The summed E-state index contributed by atoms with van der Waals surface area (Å²) in [6, 6.07) is 6.98. The molecule has 1 aromatic carbocycles. The molecule has 1 fully saturated rings. The first-order valence-electron chi connectivity index (χ1n) is 10.5. The quantitative estimate of drug-likeness (QED) is 0.263. The molecule has 4 N–H and O–H groups in total. The monoisotopic (exact) mass is 473 g/mol. The topological polar surface area (TPSA) is 119 Å². The lowest BCUT2D eigenvalue weighted by molar-refractivity contribution is 0.0638. The van der Waals surface area contributed by atoms with Crippen LogP contribution in [-0.4, -0.2) is 41.7 Å². The molecule has 3 heterocycles. The van der Waals surface area contributed by atoms with E-state index in [1.807, 2.05) is 6.07 Å². The van der Waals surface area contributed by atoms with E-state index in [1.54, 1.807) is 24.4 Å². The number of rotatable bonds is 7. The van der Waals surface area contributed by atoms with E-state index in [1.165, 1.54) is 30.6 Å². The summed E-state index contributed by atoms with van der Waals surface area (Å²) in [4.78, 5) is 32.5. The number of benzene rings is 1. The van der Waals surface area contributed by atoms with Gasteiger partial charge in [0.25, 0.3) is 0 Å². The van der Waals surface area contributed by atoms with Gasteiger partial charge in [-0.2, -0.15) is 0 Å². The summed E-state index contributed by atoms with van der Waals surface area (Å²) in [5, 5.41) is 8.07. The van der Waals surface area contributed by atoms with Crippen LogP contribution in [-0.2, 0) is 4.74 Å². The second-order valence-corrected chi connectivity index (χ2v) is 9.22. The third-order valence-electron chi connectivity index (χ3n) is 5.46. The van der Waals surface area contributed by atoms with Gasteiger partial charge in [-0.25, -0.2) is 19.6 Å². The van der Waals surface area contributed by atoms with Gasteiger partial charge in [0.1, 0.15) is 5.69 Å². The summed E-state index contributed by atoms with van der Waals surface area (Å²) in [5.74, 6) is 0.548. The van der Waals surface area contributed by atoms with Gasteiger partial charge >= 0.3 is 12.1 Å². The van der Waals surface area contributed by atoms with Gasteiger partial charge < -0.3 is 21.1 Å². The van der Waals surface area contributed by atoms with Crippen molar-refractivity contribution in [2.45, 2.75) is 25.7 Å². The van der Waals surface area contributed by atoms with Gasteiger partial charge in [0.05, 0.1) is 21.7 Å². The third kappa shape index (κ3) is 5.53. The van der Waals surface area contributed by atoms with Crippen LogP contribution in [0.3, 0.4) is 0 Å². The number of nitrogens with two attached hydrogens (primary N) is 1. The average molecular weight is 474 g/mol. The maximum absolute atomic E-state index is 11.9. The molecule has 1 aliphatic rings. The number of fused-ring (bicyclic) bond motifs is 1. The number of hydrogen-bond acceptors (Lipinski definition) is 8. The maximum Gasteiger partial charge on any atom is 0.412 e. The molecular weight excluding hydrogens is 450 g/mol. The molecule has 2 aromatic heterocycles. The Morgan fingerprint density at radius 3 is 2.88 bits per heavy atom. The predicted molar refractivity (Wildman–Crippen MR) is 126 cm³/mol. The fourth-order valence-electron chi connectivity index (χ4n) is 3.81. The van der Waals surface area contributed by atoms with Crippen LogP contribution in [0.4, 0.5) is 10.7 Å².